The van der Waals surface area contributed by atoms with Crippen LogP contribution >= 0.6 is 12.2 Å². The Morgan fingerprint density at radius 1 is 1.29 bits per heavy atom. The van der Waals surface area contributed by atoms with Crippen LogP contribution in [-0.2, 0) is 11.2 Å². The van der Waals surface area contributed by atoms with Gasteiger partial charge >= 0.3 is 0 Å². The number of hydrogen-bond acceptors (Lipinski definition) is 2. The highest BCUT2D eigenvalue weighted by atomic mass is 32.1. The van der Waals surface area contributed by atoms with E-state index in [9.17, 15) is 4.79 Å². The Bertz CT molecular complexity index is 521. The van der Waals surface area contributed by atoms with Crippen LogP contribution in [0.4, 0.5) is 5.69 Å². The molecule has 3 N–H and O–H groups in total. The zero-order valence-electron chi connectivity index (χ0n) is 12.7. The third-order valence-corrected chi connectivity index (χ3v) is 4.79. The second kappa shape index (κ2) is 7.03. The fraction of sp³-hybridized carbons (Fsp3) is 0.529. The molecule has 1 aromatic carbocycles. The van der Waals surface area contributed by atoms with Crippen molar-refractivity contribution in [1.82, 2.24) is 0 Å². The Morgan fingerprint density at radius 3 is 2.57 bits per heavy atom. The average Bonchev–Trinajstić information content (AvgIpc) is 2.50. The largest absolute Gasteiger partial charge is 0.392 e. The van der Waals surface area contributed by atoms with Gasteiger partial charge in [0.05, 0.1) is 10.4 Å². The Kier molecular flexibility index (Phi) is 5.34. The molecule has 0 spiro atoms. The number of nitrogens with one attached hydrogen (secondary N) is 1. The lowest BCUT2D eigenvalue weighted by Crippen LogP contribution is -2.47. The lowest BCUT2D eigenvalue weighted by Gasteiger charge is -2.35. The van der Waals surface area contributed by atoms with Gasteiger partial charge in [-0.15, -0.1) is 0 Å². The SMILES string of the molecule is CCCc1ccccc1NC(=O)C1(C(N)=S)CCCCC1. The lowest BCUT2D eigenvalue weighted by atomic mass is 9.73. The van der Waals surface area contributed by atoms with Crippen molar-refractivity contribution in [3.63, 3.8) is 0 Å². The molecule has 0 atom stereocenters. The third kappa shape index (κ3) is 3.43. The van der Waals surface area contributed by atoms with E-state index in [4.69, 9.17) is 18.0 Å². The third-order valence-electron chi connectivity index (χ3n) is 4.40. The van der Waals surface area contributed by atoms with E-state index >= 15 is 0 Å². The Labute approximate surface area is 132 Å². The number of rotatable bonds is 5. The molecule has 3 nitrogen and oxygen atoms in total. The molecule has 0 bridgehead atoms. The van der Waals surface area contributed by atoms with Crippen LogP contribution in [0, 0.1) is 5.41 Å². The molecule has 1 aliphatic carbocycles. The van der Waals surface area contributed by atoms with Gasteiger partial charge in [0.2, 0.25) is 5.91 Å². The molecule has 0 unspecified atom stereocenters. The topological polar surface area (TPSA) is 55.1 Å². The number of thiocarbonyl (C=S) groups is 1. The summed E-state index contributed by atoms with van der Waals surface area (Å²) in [6.07, 6.45) is 6.73. The maximum atomic E-state index is 12.8. The first-order valence-corrected chi connectivity index (χ1v) is 8.20. The van der Waals surface area contributed by atoms with Crippen LogP contribution in [0.15, 0.2) is 24.3 Å². The van der Waals surface area contributed by atoms with E-state index in [1.165, 1.54) is 5.56 Å². The van der Waals surface area contributed by atoms with Gasteiger partial charge in [0.15, 0.2) is 0 Å². The highest BCUT2D eigenvalue weighted by Gasteiger charge is 2.42. The predicted molar refractivity (Wildman–Crippen MR) is 91.4 cm³/mol. The Morgan fingerprint density at radius 2 is 1.95 bits per heavy atom. The van der Waals surface area contributed by atoms with Crippen LogP contribution in [0.2, 0.25) is 0 Å². The van der Waals surface area contributed by atoms with Crippen LogP contribution in [0.3, 0.4) is 0 Å². The minimum Gasteiger partial charge on any atom is -0.392 e. The first-order valence-electron chi connectivity index (χ1n) is 7.79. The quantitative estimate of drug-likeness (QED) is 0.813. The van der Waals surface area contributed by atoms with Gasteiger partial charge in [-0.05, 0) is 30.9 Å². The summed E-state index contributed by atoms with van der Waals surface area (Å²) < 4.78 is 0. The highest BCUT2D eigenvalue weighted by molar-refractivity contribution is 7.80. The van der Waals surface area contributed by atoms with E-state index in [2.05, 4.69) is 18.3 Å². The molecule has 2 rings (SSSR count). The van der Waals surface area contributed by atoms with E-state index in [0.717, 1.165) is 50.6 Å². The molecule has 0 heterocycles. The summed E-state index contributed by atoms with van der Waals surface area (Å²) in [4.78, 5) is 13.1. The molecule has 1 aromatic rings. The van der Waals surface area contributed by atoms with Gasteiger partial charge < -0.3 is 11.1 Å². The van der Waals surface area contributed by atoms with E-state index in [0.29, 0.717) is 4.99 Å². The lowest BCUT2D eigenvalue weighted by molar-refractivity contribution is -0.123. The summed E-state index contributed by atoms with van der Waals surface area (Å²) >= 11 is 5.22. The Balaban J connectivity index is 2.21. The number of aryl methyl sites for hydroxylation is 1. The first kappa shape index (κ1) is 16.0. The number of hydrogen-bond donors (Lipinski definition) is 2. The number of para-hydroxylation sites is 1. The minimum atomic E-state index is -0.660. The van der Waals surface area contributed by atoms with Gasteiger partial charge in [-0.1, -0.05) is 63.0 Å². The minimum absolute atomic E-state index is 0.0294. The standard InChI is InChI=1S/C17H24N2OS/c1-2-8-13-9-4-5-10-14(13)19-16(20)17(15(18)21)11-6-3-7-12-17/h4-5,9-10H,2-3,6-8,11-12H2,1H3,(H2,18,21)(H,19,20). The Hall–Kier alpha value is -1.42. The van der Waals surface area contributed by atoms with Gasteiger partial charge in [0, 0.05) is 5.69 Å². The van der Waals surface area contributed by atoms with Crippen molar-refractivity contribution in [2.45, 2.75) is 51.9 Å². The van der Waals surface area contributed by atoms with Gasteiger partial charge in [-0.2, -0.15) is 0 Å². The number of nitrogens with two attached hydrogens (primary N) is 1. The van der Waals surface area contributed by atoms with Crippen LogP contribution < -0.4 is 11.1 Å². The van der Waals surface area contributed by atoms with Crippen LogP contribution in [0.1, 0.15) is 51.0 Å². The van der Waals surface area contributed by atoms with Crippen molar-refractivity contribution >= 4 is 28.8 Å². The van der Waals surface area contributed by atoms with E-state index in [-0.39, 0.29) is 5.91 Å². The maximum absolute atomic E-state index is 12.8. The molecule has 0 saturated heterocycles. The van der Waals surface area contributed by atoms with E-state index in [1.807, 2.05) is 18.2 Å². The molecule has 1 amide bonds. The normalized spacial score (nSPS) is 17.2. The fourth-order valence-electron chi connectivity index (χ4n) is 3.11. The molecule has 0 aromatic heterocycles. The summed E-state index contributed by atoms with van der Waals surface area (Å²) in [5, 5.41) is 3.08. The molecular formula is C17H24N2OS. The molecule has 1 aliphatic rings. The van der Waals surface area contributed by atoms with Crippen molar-refractivity contribution in [3.8, 4) is 0 Å². The van der Waals surface area contributed by atoms with E-state index < -0.39 is 5.41 Å². The zero-order chi connectivity index (χ0) is 15.3. The average molecular weight is 304 g/mol. The molecule has 1 fully saturated rings. The molecule has 114 valence electrons. The van der Waals surface area contributed by atoms with Crippen molar-refractivity contribution < 1.29 is 4.79 Å². The van der Waals surface area contributed by atoms with Gasteiger partial charge in [-0.3, -0.25) is 4.79 Å². The first-order chi connectivity index (χ1) is 10.1. The summed E-state index contributed by atoms with van der Waals surface area (Å²) in [5.41, 5.74) is 7.33. The summed E-state index contributed by atoms with van der Waals surface area (Å²) in [7, 11) is 0. The molecule has 4 heteroatoms. The fourth-order valence-corrected chi connectivity index (χ4v) is 3.41. The highest BCUT2D eigenvalue weighted by Crippen LogP contribution is 2.38. The van der Waals surface area contributed by atoms with Crippen molar-refractivity contribution in [3.05, 3.63) is 29.8 Å². The molecule has 0 aliphatic heterocycles. The summed E-state index contributed by atoms with van der Waals surface area (Å²) in [6.45, 7) is 2.14. The molecule has 21 heavy (non-hydrogen) atoms. The smallest absolute Gasteiger partial charge is 0.237 e. The van der Waals surface area contributed by atoms with Crippen molar-refractivity contribution in [2.75, 3.05) is 5.32 Å². The van der Waals surface area contributed by atoms with Crippen molar-refractivity contribution in [2.24, 2.45) is 11.1 Å². The van der Waals surface area contributed by atoms with Crippen LogP contribution in [0.25, 0.3) is 0 Å². The van der Waals surface area contributed by atoms with Crippen molar-refractivity contribution in [1.29, 1.82) is 0 Å². The second-order valence-corrected chi connectivity index (χ2v) is 6.31. The van der Waals surface area contributed by atoms with Crippen LogP contribution in [-0.4, -0.2) is 10.9 Å². The zero-order valence-corrected chi connectivity index (χ0v) is 13.5. The number of carbonyl (C=O) groups excluding carboxylic acids is 1. The van der Waals surface area contributed by atoms with Gasteiger partial charge in [0.25, 0.3) is 0 Å². The molecule has 0 radical (unpaired) electrons. The number of benzene rings is 1. The number of amides is 1. The molecular weight excluding hydrogens is 280 g/mol. The summed E-state index contributed by atoms with van der Waals surface area (Å²) in [5.74, 6) is -0.0294. The maximum Gasteiger partial charge on any atom is 0.237 e. The van der Waals surface area contributed by atoms with Crippen LogP contribution in [0.5, 0.6) is 0 Å². The predicted octanol–water partition coefficient (Wildman–Crippen LogP) is 3.81. The van der Waals surface area contributed by atoms with Gasteiger partial charge in [-0.25, -0.2) is 0 Å². The van der Waals surface area contributed by atoms with E-state index in [1.54, 1.807) is 0 Å². The monoisotopic (exact) mass is 304 g/mol. The molecule has 1 saturated carbocycles. The number of carbonyl (C=O) groups is 1. The second-order valence-electron chi connectivity index (χ2n) is 5.87. The summed E-state index contributed by atoms with van der Waals surface area (Å²) in [6, 6.07) is 7.97. The number of anilines is 1. The van der Waals surface area contributed by atoms with Gasteiger partial charge in [0.1, 0.15) is 0 Å².